The van der Waals surface area contributed by atoms with E-state index in [0.717, 1.165) is 29.0 Å². The number of aliphatic imine (C=N–C) groups is 1. The van der Waals surface area contributed by atoms with Crippen LogP contribution >= 0.6 is 0 Å². The van der Waals surface area contributed by atoms with Crippen LogP contribution < -0.4 is 4.74 Å². The minimum absolute atomic E-state index is 0.350. The van der Waals surface area contributed by atoms with Crippen molar-refractivity contribution < 1.29 is 9.53 Å². The summed E-state index contributed by atoms with van der Waals surface area (Å²) >= 11 is 0. The number of carbonyl (C=O) groups excluding carboxylic acids is 1. The molecule has 0 saturated heterocycles. The van der Waals surface area contributed by atoms with E-state index < -0.39 is 0 Å². The Bertz CT molecular complexity index is 431. The Morgan fingerprint density at radius 2 is 2.27 bits per heavy atom. The Labute approximate surface area is 88.8 Å². The van der Waals surface area contributed by atoms with E-state index in [1.165, 1.54) is 0 Å². The van der Waals surface area contributed by atoms with Crippen molar-refractivity contribution in [2.45, 2.75) is 26.2 Å². The van der Waals surface area contributed by atoms with Crippen LogP contribution in [0.15, 0.2) is 17.1 Å². The fraction of sp³-hybridized carbons (Fsp3) is 0.417. The lowest BCUT2D eigenvalue weighted by Gasteiger charge is -2.11. The molecule has 3 nitrogen and oxygen atoms in total. The second-order valence-electron chi connectivity index (χ2n) is 3.94. The summed E-state index contributed by atoms with van der Waals surface area (Å²) < 4.78 is 5.43. The van der Waals surface area contributed by atoms with Crippen molar-refractivity contribution in [3.63, 3.8) is 0 Å². The standard InChI is InChI=1S/C12H13NO2/c1-8(2)9-3-4-11-10(5-6-15-11)12(9)13-7-14/h3-4,8H,5-6H2,1-2H3. The topological polar surface area (TPSA) is 38.7 Å². The van der Waals surface area contributed by atoms with Crippen molar-refractivity contribution in [1.29, 1.82) is 0 Å². The fourth-order valence-electron chi connectivity index (χ4n) is 1.92. The molecule has 2 rings (SSSR count). The summed E-state index contributed by atoms with van der Waals surface area (Å²) in [6.07, 6.45) is 2.46. The van der Waals surface area contributed by atoms with E-state index in [9.17, 15) is 4.79 Å². The number of benzene rings is 1. The highest BCUT2D eigenvalue weighted by Gasteiger charge is 2.20. The van der Waals surface area contributed by atoms with Crippen molar-refractivity contribution in [3.8, 4) is 5.75 Å². The summed E-state index contributed by atoms with van der Waals surface area (Å²) in [5, 5.41) is 0. The van der Waals surface area contributed by atoms with Crippen LogP contribution in [0.3, 0.4) is 0 Å². The summed E-state index contributed by atoms with van der Waals surface area (Å²) in [6, 6.07) is 3.94. The van der Waals surface area contributed by atoms with Crippen LogP contribution in [0, 0.1) is 0 Å². The Balaban J connectivity index is 2.63. The van der Waals surface area contributed by atoms with Gasteiger partial charge in [0.1, 0.15) is 5.75 Å². The molecule has 1 aliphatic rings. The molecule has 15 heavy (non-hydrogen) atoms. The third-order valence-electron chi connectivity index (χ3n) is 2.66. The first kappa shape index (κ1) is 9.94. The van der Waals surface area contributed by atoms with Crippen molar-refractivity contribution in [2.75, 3.05) is 6.61 Å². The SMILES string of the molecule is CC(C)c1ccc2c(c1N=C=O)CCO2. The minimum atomic E-state index is 0.350. The number of isocyanates is 1. The van der Waals surface area contributed by atoms with Crippen molar-refractivity contribution in [1.82, 2.24) is 0 Å². The minimum Gasteiger partial charge on any atom is -0.493 e. The molecular weight excluding hydrogens is 190 g/mol. The highest BCUT2D eigenvalue weighted by atomic mass is 16.5. The highest BCUT2D eigenvalue weighted by Crippen LogP contribution is 2.39. The van der Waals surface area contributed by atoms with Crippen molar-refractivity contribution in [2.24, 2.45) is 4.99 Å². The summed E-state index contributed by atoms with van der Waals surface area (Å²) in [6.45, 7) is 4.85. The second kappa shape index (κ2) is 3.87. The van der Waals surface area contributed by atoms with Gasteiger partial charge in [-0.05, 0) is 17.5 Å². The molecule has 0 bridgehead atoms. The number of rotatable bonds is 2. The van der Waals surface area contributed by atoms with E-state index in [1.54, 1.807) is 6.08 Å². The number of fused-ring (bicyclic) bond motifs is 1. The molecular formula is C12H13NO2. The van der Waals surface area contributed by atoms with E-state index in [-0.39, 0.29) is 0 Å². The lowest BCUT2D eigenvalue weighted by molar-refractivity contribution is 0.357. The van der Waals surface area contributed by atoms with E-state index in [4.69, 9.17) is 4.74 Å². The molecule has 1 aromatic carbocycles. The van der Waals surface area contributed by atoms with Crippen LogP contribution in [0.5, 0.6) is 5.75 Å². The largest absolute Gasteiger partial charge is 0.493 e. The molecule has 0 unspecified atom stereocenters. The third-order valence-corrected chi connectivity index (χ3v) is 2.66. The van der Waals surface area contributed by atoms with Gasteiger partial charge in [0.05, 0.1) is 12.3 Å². The number of nitrogens with zero attached hydrogens (tertiary/aromatic N) is 1. The van der Waals surface area contributed by atoms with Gasteiger partial charge in [-0.1, -0.05) is 19.9 Å². The van der Waals surface area contributed by atoms with Gasteiger partial charge in [-0.3, -0.25) is 0 Å². The summed E-state index contributed by atoms with van der Waals surface area (Å²) in [7, 11) is 0. The third kappa shape index (κ3) is 1.66. The first-order valence-corrected chi connectivity index (χ1v) is 5.10. The van der Waals surface area contributed by atoms with Crippen molar-refractivity contribution in [3.05, 3.63) is 23.3 Å². The summed E-state index contributed by atoms with van der Waals surface area (Å²) in [5.74, 6) is 1.20. The molecule has 1 aliphatic heterocycles. The molecule has 0 saturated carbocycles. The van der Waals surface area contributed by atoms with Gasteiger partial charge >= 0.3 is 0 Å². The maximum Gasteiger partial charge on any atom is 0.240 e. The molecule has 3 heteroatoms. The number of hydrogen-bond acceptors (Lipinski definition) is 3. The van der Waals surface area contributed by atoms with Crippen LogP contribution in [-0.2, 0) is 11.2 Å². The maximum atomic E-state index is 10.4. The zero-order valence-corrected chi connectivity index (χ0v) is 8.91. The fourth-order valence-corrected chi connectivity index (χ4v) is 1.92. The second-order valence-corrected chi connectivity index (χ2v) is 3.94. The summed E-state index contributed by atoms with van der Waals surface area (Å²) in [4.78, 5) is 14.2. The normalized spacial score (nSPS) is 13.3. The first-order valence-electron chi connectivity index (χ1n) is 5.10. The number of hydrogen-bond donors (Lipinski definition) is 0. The van der Waals surface area contributed by atoms with E-state index in [0.29, 0.717) is 12.5 Å². The Hall–Kier alpha value is -1.60. The average Bonchev–Trinajstić information content (AvgIpc) is 2.66. The van der Waals surface area contributed by atoms with Crippen LogP contribution in [0.2, 0.25) is 0 Å². The molecule has 0 N–H and O–H groups in total. The smallest absolute Gasteiger partial charge is 0.240 e. The predicted octanol–water partition coefficient (Wildman–Crippen LogP) is 2.71. The zero-order valence-electron chi connectivity index (χ0n) is 8.91. The molecule has 0 amide bonds. The maximum absolute atomic E-state index is 10.4. The molecule has 78 valence electrons. The molecule has 0 fully saturated rings. The van der Waals surface area contributed by atoms with Gasteiger partial charge in [-0.2, -0.15) is 4.99 Å². The molecule has 0 aromatic heterocycles. The first-order chi connectivity index (χ1) is 7.24. The molecule has 1 heterocycles. The average molecular weight is 203 g/mol. The Morgan fingerprint density at radius 3 is 2.93 bits per heavy atom. The Kier molecular flexibility index (Phi) is 2.57. The molecule has 0 atom stereocenters. The van der Waals surface area contributed by atoms with Gasteiger partial charge in [-0.15, -0.1) is 0 Å². The van der Waals surface area contributed by atoms with Crippen LogP contribution in [-0.4, -0.2) is 12.7 Å². The van der Waals surface area contributed by atoms with Crippen LogP contribution in [0.1, 0.15) is 30.9 Å². The van der Waals surface area contributed by atoms with Crippen molar-refractivity contribution >= 4 is 11.8 Å². The van der Waals surface area contributed by atoms with Gasteiger partial charge in [0.25, 0.3) is 0 Å². The quantitative estimate of drug-likeness (QED) is 0.547. The summed E-state index contributed by atoms with van der Waals surface area (Å²) in [5.41, 5.74) is 2.89. The monoisotopic (exact) mass is 203 g/mol. The predicted molar refractivity (Wildman–Crippen MR) is 57.5 cm³/mol. The zero-order chi connectivity index (χ0) is 10.8. The van der Waals surface area contributed by atoms with Gasteiger partial charge in [0, 0.05) is 12.0 Å². The van der Waals surface area contributed by atoms with Crippen LogP contribution in [0.25, 0.3) is 0 Å². The van der Waals surface area contributed by atoms with E-state index in [2.05, 4.69) is 18.8 Å². The van der Waals surface area contributed by atoms with E-state index in [1.807, 2.05) is 12.1 Å². The van der Waals surface area contributed by atoms with Gasteiger partial charge < -0.3 is 4.74 Å². The lowest BCUT2D eigenvalue weighted by atomic mass is 9.97. The van der Waals surface area contributed by atoms with Crippen LogP contribution in [0.4, 0.5) is 5.69 Å². The molecule has 1 aromatic rings. The van der Waals surface area contributed by atoms with Gasteiger partial charge in [0.15, 0.2) is 0 Å². The molecule has 0 aliphatic carbocycles. The van der Waals surface area contributed by atoms with Gasteiger partial charge in [0.2, 0.25) is 6.08 Å². The van der Waals surface area contributed by atoms with E-state index >= 15 is 0 Å². The highest BCUT2D eigenvalue weighted by molar-refractivity contribution is 5.64. The number of ether oxygens (including phenoxy) is 1. The molecule has 0 radical (unpaired) electrons. The lowest BCUT2D eigenvalue weighted by Crippen LogP contribution is -1.91. The van der Waals surface area contributed by atoms with Gasteiger partial charge in [-0.25, -0.2) is 4.79 Å². The molecule has 0 spiro atoms. The Morgan fingerprint density at radius 1 is 1.47 bits per heavy atom.